The predicted molar refractivity (Wildman–Crippen MR) is 180 cm³/mol. The van der Waals surface area contributed by atoms with E-state index in [-0.39, 0.29) is 23.2 Å². The summed E-state index contributed by atoms with van der Waals surface area (Å²) in [6.07, 6.45) is 0. The minimum Gasteiger partial charge on any atom is -0.493 e. The summed E-state index contributed by atoms with van der Waals surface area (Å²) in [4.78, 5) is 56.6. The average Bonchev–Trinajstić information content (AvgIpc) is 3.51. The van der Waals surface area contributed by atoms with Crippen LogP contribution in [-0.4, -0.2) is 41.8 Å². The van der Waals surface area contributed by atoms with Crippen LogP contribution in [0.2, 0.25) is 5.02 Å². The molecule has 12 heteroatoms. The third-order valence-electron chi connectivity index (χ3n) is 8.27. The monoisotopic (exact) mass is 671 g/mol. The van der Waals surface area contributed by atoms with Crippen LogP contribution in [0.4, 0.5) is 11.4 Å². The maximum Gasteiger partial charge on any atom is 0.308 e. The molecular formula is C34H26ClN3O6S2. The molecule has 7 rings (SSSR count). The van der Waals surface area contributed by atoms with E-state index in [0.29, 0.717) is 43.4 Å². The van der Waals surface area contributed by atoms with Crippen LogP contribution in [0.25, 0.3) is 10.8 Å². The summed E-state index contributed by atoms with van der Waals surface area (Å²) in [5.74, 6) is -1.68. The fourth-order valence-corrected chi connectivity index (χ4v) is 9.07. The first-order valence-electron chi connectivity index (χ1n) is 14.3. The number of rotatable bonds is 7. The first-order valence-corrected chi connectivity index (χ1v) is 16.4. The maximum atomic E-state index is 14.1. The van der Waals surface area contributed by atoms with E-state index in [2.05, 4.69) is 5.32 Å². The number of thiazole rings is 1. The summed E-state index contributed by atoms with van der Waals surface area (Å²) in [5.41, 5.74) is 1.73. The number of thioether (sulfide) groups is 1. The molecule has 1 saturated heterocycles. The van der Waals surface area contributed by atoms with E-state index in [1.165, 1.54) is 23.7 Å². The Morgan fingerprint density at radius 3 is 2.39 bits per heavy atom. The van der Waals surface area contributed by atoms with Gasteiger partial charge in [0.1, 0.15) is 11.8 Å². The van der Waals surface area contributed by atoms with Crippen molar-refractivity contribution in [1.82, 2.24) is 4.57 Å². The molecule has 5 aromatic rings. The van der Waals surface area contributed by atoms with Crippen molar-refractivity contribution in [2.45, 2.75) is 22.7 Å². The molecule has 3 atom stereocenters. The zero-order chi connectivity index (χ0) is 32.1. The number of nitrogens with one attached hydrogen (secondary N) is 1. The number of hydrogen-bond acceptors (Lipinski definition) is 8. The second-order valence-electron chi connectivity index (χ2n) is 10.8. The van der Waals surface area contributed by atoms with E-state index in [1.54, 1.807) is 36.4 Å². The van der Waals surface area contributed by atoms with Gasteiger partial charge in [-0.05, 0) is 53.4 Å². The molecular weight excluding hydrogens is 646 g/mol. The predicted octanol–water partition coefficient (Wildman–Crippen LogP) is 6.17. The van der Waals surface area contributed by atoms with E-state index in [4.69, 9.17) is 21.1 Å². The van der Waals surface area contributed by atoms with Crippen LogP contribution in [0.3, 0.4) is 0 Å². The van der Waals surface area contributed by atoms with Gasteiger partial charge in [0.25, 0.3) is 0 Å². The van der Waals surface area contributed by atoms with Crippen molar-refractivity contribution in [3.05, 3.63) is 110 Å². The summed E-state index contributed by atoms with van der Waals surface area (Å²) in [6.45, 7) is -0.264. The Balaban J connectivity index is 1.30. The summed E-state index contributed by atoms with van der Waals surface area (Å²) < 4.78 is 12.4. The van der Waals surface area contributed by atoms with Gasteiger partial charge < -0.3 is 14.8 Å². The van der Waals surface area contributed by atoms with E-state index < -0.39 is 23.0 Å². The molecule has 232 valence electrons. The number of methoxy groups -OCH3 is 2. The van der Waals surface area contributed by atoms with Crippen molar-refractivity contribution in [2.24, 2.45) is 5.92 Å². The van der Waals surface area contributed by atoms with Crippen LogP contribution in [0, 0.1) is 5.92 Å². The molecule has 0 spiro atoms. The van der Waals surface area contributed by atoms with Gasteiger partial charge >= 0.3 is 4.87 Å². The first-order chi connectivity index (χ1) is 22.3. The number of amides is 3. The van der Waals surface area contributed by atoms with Gasteiger partial charge in [0.15, 0.2) is 11.5 Å². The third kappa shape index (κ3) is 5.04. The molecule has 0 saturated carbocycles. The van der Waals surface area contributed by atoms with Gasteiger partial charge in [-0.2, -0.15) is 0 Å². The molecule has 4 aromatic carbocycles. The lowest BCUT2D eigenvalue weighted by atomic mass is 9.83. The molecule has 0 aliphatic carbocycles. The smallest absolute Gasteiger partial charge is 0.308 e. The summed E-state index contributed by atoms with van der Waals surface area (Å²) in [7, 11) is 3.05. The molecule has 3 heterocycles. The zero-order valence-electron chi connectivity index (χ0n) is 24.6. The number of anilines is 2. The second kappa shape index (κ2) is 12.0. The Morgan fingerprint density at radius 1 is 0.891 bits per heavy atom. The highest BCUT2D eigenvalue weighted by Crippen LogP contribution is 2.54. The van der Waals surface area contributed by atoms with Crippen molar-refractivity contribution in [3.8, 4) is 11.5 Å². The number of carbonyl (C=O) groups is 3. The van der Waals surface area contributed by atoms with E-state index in [9.17, 15) is 19.2 Å². The van der Waals surface area contributed by atoms with Gasteiger partial charge in [0.2, 0.25) is 17.7 Å². The second-order valence-corrected chi connectivity index (χ2v) is 13.4. The minimum atomic E-state index is -0.838. The van der Waals surface area contributed by atoms with Gasteiger partial charge in [-0.25, -0.2) is 4.90 Å². The molecule has 9 nitrogen and oxygen atoms in total. The quantitative estimate of drug-likeness (QED) is 0.206. The van der Waals surface area contributed by atoms with Crippen LogP contribution in [0.15, 0.2) is 94.7 Å². The van der Waals surface area contributed by atoms with Gasteiger partial charge in [0.05, 0.1) is 30.9 Å². The molecule has 2 aliphatic rings. The van der Waals surface area contributed by atoms with E-state index >= 15 is 0 Å². The number of halogens is 1. The fraction of sp³-hybridized carbons (Fsp3) is 0.176. The summed E-state index contributed by atoms with van der Waals surface area (Å²) >= 11 is 8.23. The van der Waals surface area contributed by atoms with Crippen LogP contribution >= 0.6 is 34.7 Å². The number of ether oxygens (including phenoxy) is 2. The number of aromatic nitrogens is 1. The number of carbonyl (C=O) groups excluding carboxylic acids is 3. The lowest BCUT2D eigenvalue weighted by Crippen LogP contribution is -2.33. The van der Waals surface area contributed by atoms with Crippen molar-refractivity contribution in [1.29, 1.82) is 0 Å². The molecule has 0 bridgehead atoms. The Hall–Kier alpha value is -4.58. The topological polar surface area (TPSA) is 107 Å². The number of nitrogens with zero attached hydrogens (tertiary/aromatic N) is 2. The van der Waals surface area contributed by atoms with E-state index in [1.807, 2.05) is 48.5 Å². The number of hydrogen-bond donors (Lipinski definition) is 1. The highest BCUT2D eigenvalue weighted by molar-refractivity contribution is 8.00. The van der Waals surface area contributed by atoms with Gasteiger partial charge in [-0.3, -0.25) is 23.7 Å². The van der Waals surface area contributed by atoms with Crippen molar-refractivity contribution in [3.63, 3.8) is 0 Å². The van der Waals surface area contributed by atoms with Crippen LogP contribution < -0.4 is 24.6 Å². The molecule has 2 aliphatic heterocycles. The van der Waals surface area contributed by atoms with Crippen LogP contribution in [0.1, 0.15) is 16.4 Å². The lowest BCUT2D eigenvalue weighted by molar-refractivity contribution is -0.122. The van der Waals surface area contributed by atoms with Crippen molar-refractivity contribution in [2.75, 3.05) is 24.4 Å². The zero-order valence-corrected chi connectivity index (χ0v) is 26.9. The average molecular weight is 672 g/mol. The normalized spacial score (nSPS) is 18.8. The van der Waals surface area contributed by atoms with Gasteiger partial charge in [-0.15, -0.1) is 0 Å². The lowest BCUT2D eigenvalue weighted by Gasteiger charge is -2.31. The highest BCUT2D eigenvalue weighted by Gasteiger charge is 2.57. The van der Waals surface area contributed by atoms with Gasteiger partial charge in [0, 0.05) is 26.9 Å². The van der Waals surface area contributed by atoms with Crippen molar-refractivity contribution < 1.29 is 23.9 Å². The molecule has 1 N–H and O–H groups in total. The van der Waals surface area contributed by atoms with Crippen LogP contribution in [0.5, 0.6) is 11.5 Å². The first kappa shape index (κ1) is 30.1. The highest BCUT2D eigenvalue weighted by atomic mass is 35.5. The maximum absolute atomic E-state index is 14.1. The number of fused-ring (bicyclic) bond motifs is 3. The molecule has 46 heavy (non-hydrogen) atoms. The van der Waals surface area contributed by atoms with Gasteiger partial charge in [-0.1, -0.05) is 77.2 Å². The Morgan fingerprint density at radius 2 is 1.63 bits per heavy atom. The molecule has 1 aromatic heterocycles. The van der Waals surface area contributed by atoms with Crippen LogP contribution in [-0.2, 0) is 20.9 Å². The summed E-state index contributed by atoms with van der Waals surface area (Å²) in [5, 5.41) is 4.93. The number of imide groups is 1. The Kier molecular flexibility index (Phi) is 7.83. The van der Waals surface area contributed by atoms with Crippen molar-refractivity contribution >= 4 is 74.6 Å². The molecule has 0 unspecified atom stereocenters. The Bertz CT molecular complexity index is 2090. The largest absolute Gasteiger partial charge is 0.493 e. The molecule has 3 amide bonds. The van der Waals surface area contributed by atoms with E-state index in [0.717, 1.165) is 33.9 Å². The molecule has 1 fully saturated rings. The number of benzene rings is 4. The SMILES string of the molecule is COc1ccc([C@@H]2c3sc(=O)n(CC(=O)Nc4cccc5ccccc45)c3S[C@H]3C(=O)N(c4ccc(Cl)cc4)C(=O)[C@@H]23)cc1OC. The fourth-order valence-electron chi connectivity index (χ4n) is 6.17. The minimum absolute atomic E-state index is 0.264. The Labute approximate surface area is 276 Å². The third-order valence-corrected chi connectivity index (χ3v) is 11.1. The molecule has 0 radical (unpaired) electrons. The standard InChI is InChI=1S/C34H26ClN3O6S2/c1-43-24-15-10-19(16-25(24)44-2)27-28-29(32(41)38(31(28)40)21-13-11-20(35)12-14-21)45-33-30(27)46-34(42)37(33)17-26(39)36-23-9-5-7-18-6-3-4-8-22(18)23/h3-16,27-29H,17H2,1-2H3,(H,36,39)/t27-,28-,29+/m0/s1. The summed E-state index contributed by atoms with van der Waals surface area (Å²) in [6, 6.07) is 25.2.